The number of rotatable bonds is 6. The first-order chi connectivity index (χ1) is 16.6. The maximum atomic E-state index is 15.4. The molecule has 1 fully saturated rings. The van der Waals surface area contributed by atoms with E-state index in [2.05, 4.69) is 10.3 Å². The third kappa shape index (κ3) is 4.79. The average Bonchev–Trinajstić information content (AvgIpc) is 3.14. The highest BCUT2D eigenvalue weighted by molar-refractivity contribution is 6.31. The number of carbonyl (C=O) groups is 1. The lowest BCUT2D eigenvalue weighted by Gasteiger charge is -2.29. The molecule has 0 saturated heterocycles. The van der Waals surface area contributed by atoms with Crippen molar-refractivity contribution in [2.45, 2.75) is 77.5 Å². The zero-order chi connectivity index (χ0) is 25.4. The molecule has 3 atom stereocenters. The molecule has 3 aromatic rings. The van der Waals surface area contributed by atoms with Crippen molar-refractivity contribution >= 4 is 28.8 Å². The zero-order valence-electron chi connectivity index (χ0n) is 20.3. The van der Waals surface area contributed by atoms with Gasteiger partial charge in [0.05, 0.1) is 29.0 Å². The number of imidazole rings is 1. The van der Waals surface area contributed by atoms with Crippen LogP contribution >= 0.6 is 11.6 Å². The van der Waals surface area contributed by atoms with Gasteiger partial charge < -0.3 is 20.9 Å². The Morgan fingerprint density at radius 3 is 2.74 bits per heavy atom. The van der Waals surface area contributed by atoms with Gasteiger partial charge in [-0.05, 0) is 39.7 Å². The van der Waals surface area contributed by atoms with Crippen LogP contribution in [0.15, 0.2) is 18.5 Å². The lowest BCUT2D eigenvalue weighted by molar-refractivity contribution is 0.0710. The van der Waals surface area contributed by atoms with Gasteiger partial charge in [-0.1, -0.05) is 31.4 Å². The Balaban J connectivity index is 1.84. The topological polar surface area (TPSA) is 115 Å². The second-order valence-corrected chi connectivity index (χ2v) is 9.78. The molecule has 4 N–H and O–H groups in total. The van der Waals surface area contributed by atoms with Crippen LogP contribution in [0.4, 0.5) is 10.2 Å². The molecule has 35 heavy (non-hydrogen) atoms. The Morgan fingerprint density at radius 1 is 1.34 bits per heavy atom. The fourth-order valence-electron chi connectivity index (χ4n) is 4.75. The van der Waals surface area contributed by atoms with Crippen LogP contribution in [0.1, 0.15) is 79.8 Å². The van der Waals surface area contributed by atoms with Gasteiger partial charge in [0, 0.05) is 23.9 Å². The van der Waals surface area contributed by atoms with E-state index in [0.29, 0.717) is 41.3 Å². The smallest absolute Gasteiger partial charge is 0.258 e. The summed E-state index contributed by atoms with van der Waals surface area (Å²) in [5.74, 6) is -0.892. The van der Waals surface area contributed by atoms with Crippen LogP contribution in [0.25, 0.3) is 5.52 Å². The Labute approximate surface area is 208 Å². The van der Waals surface area contributed by atoms with Crippen molar-refractivity contribution in [1.29, 1.82) is 0 Å². The first kappa shape index (κ1) is 25.2. The van der Waals surface area contributed by atoms with E-state index in [9.17, 15) is 9.90 Å². The predicted octanol–water partition coefficient (Wildman–Crippen LogP) is 4.38. The van der Waals surface area contributed by atoms with Crippen LogP contribution in [0, 0.1) is 12.7 Å². The van der Waals surface area contributed by atoms with Crippen LogP contribution in [-0.2, 0) is 0 Å². The number of ether oxygens (including phenoxy) is 1. The van der Waals surface area contributed by atoms with Gasteiger partial charge in [0.2, 0.25) is 0 Å². The number of nitrogens with two attached hydrogens (primary N) is 1. The van der Waals surface area contributed by atoms with Crippen LogP contribution < -0.4 is 15.8 Å². The number of nitrogen functional groups attached to an aromatic ring is 1. The number of nitrogens with zero attached hydrogens (tertiary/aromatic N) is 3. The van der Waals surface area contributed by atoms with Gasteiger partial charge in [-0.2, -0.15) is 0 Å². The summed E-state index contributed by atoms with van der Waals surface area (Å²) in [6, 6.07) is 1.02. The molecule has 1 amide bonds. The van der Waals surface area contributed by atoms with Crippen molar-refractivity contribution in [1.82, 2.24) is 19.7 Å². The highest BCUT2D eigenvalue weighted by Crippen LogP contribution is 2.40. The fraction of sp³-hybridized carbons (Fsp3) is 0.480. The average molecular weight is 504 g/mol. The molecular formula is C25H31ClFN5O3. The zero-order valence-corrected chi connectivity index (χ0v) is 21.1. The number of benzene rings is 1. The summed E-state index contributed by atoms with van der Waals surface area (Å²) < 4.78 is 23.3. The molecule has 2 heterocycles. The molecule has 10 heteroatoms. The largest absolute Gasteiger partial charge is 0.490 e. The predicted molar refractivity (Wildman–Crippen MR) is 133 cm³/mol. The molecule has 1 aliphatic rings. The quantitative estimate of drug-likeness (QED) is 0.459. The minimum atomic E-state index is -0.862. The monoisotopic (exact) mass is 503 g/mol. The van der Waals surface area contributed by atoms with Crippen LogP contribution in [0.3, 0.4) is 0 Å². The van der Waals surface area contributed by atoms with E-state index in [0.717, 1.165) is 12.8 Å². The molecule has 2 aromatic heterocycles. The van der Waals surface area contributed by atoms with Crippen molar-refractivity contribution in [2.24, 2.45) is 0 Å². The SMILES string of the molecule is Cc1nc(C(C)c2cc(Cl)c(F)c(C(=O)N[C@H]3CCCC[C@H]3O)c2OC(C)C)n2ccnc(N)c12. The Morgan fingerprint density at radius 2 is 2.06 bits per heavy atom. The molecule has 0 bridgehead atoms. The summed E-state index contributed by atoms with van der Waals surface area (Å²) in [6.07, 6.45) is 5.29. The number of carbonyl (C=O) groups excluding carboxylic acids is 1. The molecule has 188 valence electrons. The number of aliphatic hydroxyl groups excluding tert-OH is 1. The first-order valence-electron chi connectivity index (χ1n) is 11.9. The van der Waals surface area contributed by atoms with E-state index >= 15 is 4.39 Å². The molecular weight excluding hydrogens is 473 g/mol. The maximum Gasteiger partial charge on any atom is 0.258 e. The minimum absolute atomic E-state index is 0.105. The Hall–Kier alpha value is -2.91. The normalized spacial score (nSPS) is 19.2. The van der Waals surface area contributed by atoms with Crippen LogP contribution in [-0.4, -0.2) is 43.6 Å². The number of anilines is 1. The number of amides is 1. The molecule has 1 aliphatic carbocycles. The van der Waals surface area contributed by atoms with Gasteiger partial charge in [-0.15, -0.1) is 0 Å². The fourth-order valence-corrected chi connectivity index (χ4v) is 4.96. The van der Waals surface area contributed by atoms with E-state index in [-0.39, 0.29) is 22.4 Å². The molecule has 1 saturated carbocycles. The third-order valence-corrected chi connectivity index (χ3v) is 6.74. The number of aliphatic hydroxyl groups is 1. The summed E-state index contributed by atoms with van der Waals surface area (Å²) in [5.41, 5.74) is 7.69. The molecule has 4 rings (SSSR count). The number of halogens is 2. The summed E-state index contributed by atoms with van der Waals surface area (Å²) in [7, 11) is 0. The number of nitrogens with one attached hydrogen (secondary N) is 1. The van der Waals surface area contributed by atoms with Crippen molar-refractivity contribution < 1.29 is 19.0 Å². The lowest BCUT2D eigenvalue weighted by atomic mass is 9.91. The van der Waals surface area contributed by atoms with Gasteiger partial charge in [-0.3, -0.25) is 9.20 Å². The second-order valence-electron chi connectivity index (χ2n) is 9.37. The number of fused-ring (bicyclic) bond motifs is 1. The first-order valence-corrected chi connectivity index (χ1v) is 12.2. The van der Waals surface area contributed by atoms with Gasteiger partial charge in [0.1, 0.15) is 28.5 Å². The standard InChI is InChI=1S/C25H31ClFN5O3/c1-12(2)35-22-15(13(3)24-30-14(4)21-23(28)29-9-10-32(21)24)11-16(26)20(27)19(22)25(34)31-17-7-5-6-8-18(17)33/h9-13,17-18,33H,5-8H2,1-4H3,(H2,28,29)(H,31,34)/t13?,17-,18+/m0/s1. The lowest BCUT2D eigenvalue weighted by Crippen LogP contribution is -2.45. The van der Waals surface area contributed by atoms with E-state index in [1.807, 2.05) is 18.2 Å². The highest BCUT2D eigenvalue weighted by atomic mass is 35.5. The highest BCUT2D eigenvalue weighted by Gasteiger charge is 2.32. The number of hydrogen-bond acceptors (Lipinski definition) is 6. The molecule has 1 unspecified atom stereocenters. The van der Waals surface area contributed by atoms with E-state index in [1.54, 1.807) is 26.2 Å². The van der Waals surface area contributed by atoms with Gasteiger partial charge in [0.25, 0.3) is 5.91 Å². The number of aromatic nitrogens is 3. The summed E-state index contributed by atoms with van der Waals surface area (Å²) in [4.78, 5) is 22.2. The van der Waals surface area contributed by atoms with Gasteiger partial charge in [-0.25, -0.2) is 14.4 Å². The van der Waals surface area contributed by atoms with E-state index < -0.39 is 29.8 Å². The van der Waals surface area contributed by atoms with Crippen LogP contribution in [0.2, 0.25) is 5.02 Å². The molecule has 0 radical (unpaired) electrons. The van der Waals surface area contributed by atoms with Crippen molar-refractivity contribution in [2.75, 3.05) is 5.73 Å². The number of hydrogen-bond donors (Lipinski definition) is 3. The Bertz CT molecular complexity index is 1260. The minimum Gasteiger partial charge on any atom is -0.490 e. The van der Waals surface area contributed by atoms with Gasteiger partial charge in [0.15, 0.2) is 5.82 Å². The Kier molecular flexibility index (Phi) is 7.19. The number of aryl methyl sites for hydroxylation is 1. The maximum absolute atomic E-state index is 15.4. The molecule has 0 spiro atoms. The van der Waals surface area contributed by atoms with Crippen LogP contribution in [0.5, 0.6) is 5.75 Å². The molecule has 8 nitrogen and oxygen atoms in total. The molecule has 0 aliphatic heterocycles. The summed E-state index contributed by atoms with van der Waals surface area (Å²) in [6.45, 7) is 7.32. The van der Waals surface area contributed by atoms with E-state index in [1.165, 1.54) is 6.07 Å². The summed E-state index contributed by atoms with van der Waals surface area (Å²) >= 11 is 6.31. The van der Waals surface area contributed by atoms with Gasteiger partial charge >= 0.3 is 0 Å². The van der Waals surface area contributed by atoms with Crippen molar-refractivity contribution in [3.05, 3.63) is 51.9 Å². The van der Waals surface area contributed by atoms with Crippen molar-refractivity contribution in [3.63, 3.8) is 0 Å². The van der Waals surface area contributed by atoms with E-state index in [4.69, 9.17) is 27.1 Å². The third-order valence-electron chi connectivity index (χ3n) is 6.47. The summed E-state index contributed by atoms with van der Waals surface area (Å²) in [5, 5.41) is 12.9. The van der Waals surface area contributed by atoms with Crippen molar-refractivity contribution in [3.8, 4) is 5.75 Å². The molecule has 1 aromatic carbocycles. The second kappa shape index (κ2) is 9.99.